The highest BCUT2D eigenvalue weighted by molar-refractivity contribution is 8.00. The van der Waals surface area contributed by atoms with Crippen LogP contribution < -0.4 is 5.32 Å². The van der Waals surface area contributed by atoms with Gasteiger partial charge in [-0.1, -0.05) is 12.1 Å². The van der Waals surface area contributed by atoms with Crippen LogP contribution in [-0.4, -0.2) is 22.2 Å². The smallest absolute Gasteiger partial charge is 0.331 e. The molecule has 82 valence electrons. The number of nitrogens with zero attached hydrogens (tertiary/aromatic N) is 1. The summed E-state index contributed by atoms with van der Waals surface area (Å²) >= 11 is 1.39. The van der Waals surface area contributed by atoms with Crippen LogP contribution in [0.4, 0.5) is 0 Å². The third-order valence-corrected chi connectivity index (χ3v) is 3.65. The highest BCUT2D eigenvalue weighted by Gasteiger charge is 2.30. The Kier molecular flexibility index (Phi) is 3.13. The Bertz CT molecular complexity index is 438. The second-order valence-corrected chi connectivity index (χ2v) is 4.64. The summed E-state index contributed by atoms with van der Waals surface area (Å²) in [5.74, 6) is -0.0933. The van der Waals surface area contributed by atoms with Crippen molar-refractivity contribution in [3.63, 3.8) is 0 Å². The Hall–Kier alpha value is -1.51. The molecule has 1 heterocycles. The van der Waals surface area contributed by atoms with Crippen molar-refractivity contribution in [3.8, 4) is 6.07 Å². The lowest BCUT2D eigenvalue weighted by Crippen LogP contribution is -2.30. The molecule has 0 unspecified atom stereocenters. The minimum absolute atomic E-state index is 0.0545. The van der Waals surface area contributed by atoms with Crippen molar-refractivity contribution < 1.29 is 9.90 Å². The Labute approximate surface area is 97.3 Å². The van der Waals surface area contributed by atoms with Crippen molar-refractivity contribution >= 4 is 17.7 Å². The predicted molar refractivity (Wildman–Crippen MR) is 60.9 cm³/mol. The molecule has 5 heteroatoms. The van der Waals surface area contributed by atoms with Crippen LogP contribution in [0.3, 0.4) is 0 Å². The molecule has 1 aliphatic rings. The fraction of sp³-hybridized carbons (Fsp3) is 0.273. The maximum absolute atomic E-state index is 10.8. The maximum Gasteiger partial charge on any atom is 0.331 e. The molecule has 0 saturated carbocycles. The number of rotatable bonds is 2. The number of nitrogens with one attached hydrogen (secondary N) is 1. The summed E-state index contributed by atoms with van der Waals surface area (Å²) in [5.41, 5.74) is 1.64. The number of carboxylic acids is 1. The predicted octanol–water partition coefficient (Wildman–Crippen LogP) is 1.35. The van der Waals surface area contributed by atoms with Crippen molar-refractivity contribution in [2.45, 2.75) is 11.4 Å². The molecule has 1 saturated heterocycles. The summed E-state index contributed by atoms with van der Waals surface area (Å²) in [7, 11) is 0. The van der Waals surface area contributed by atoms with Gasteiger partial charge < -0.3 is 5.11 Å². The molecule has 0 amide bonds. The summed E-state index contributed by atoms with van der Waals surface area (Å²) in [5, 5.41) is 20.0. The van der Waals surface area contributed by atoms with E-state index >= 15 is 0 Å². The molecular weight excluding hydrogens is 224 g/mol. The number of nitriles is 1. The molecular formula is C11H10N2O2S. The van der Waals surface area contributed by atoms with Gasteiger partial charge in [0.2, 0.25) is 0 Å². The molecule has 2 N–H and O–H groups in total. The lowest BCUT2D eigenvalue weighted by Gasteiger charge is -2.10. The van der Waals surface area contributed by atoms with Gasteiger partial charge in [-0.2, -0.15) is 5.26 Å². The van der Waals surface area contributed by atoms with Crippen LogP contribution >= 0.6 is 11.8 Å². The van der Waals surface area contributed by atoms with Crippen molar-refractivity contribution in [3.05, 3.63) is 35.4 Å². The SMILES string of the molecule is N#Cc1ccc([C@H]2CS[C@@H](C(=O)O)N2)cc1. The van der Waals surface area contributed by atoms with Gasteiger partial charge in [-0.3, -0.25) is 5.32 Å². The van der Waals surface area contributed by atoms with Crippen LogP contribution in [0.2, 0.25) is 0 Å². The van der Waals surface area contributed by atoms with Crippen LogP contribution in [0.15, 0.2) is 24.3 Å². The van der Waals surface area contributed by atoms with Crippen molar-refractivity contribution in [1.82, 2.24) is 5.32 Å². The molecule has 1 fully saturated rings. The molecule has 2 atom stereocenters. The Morgan fingerprint density at radius 3 is 2.69 bits per heavy atom. The molecule has 4 nitrogen and oxygen atoms in total. The zero-order valence-electron chi connectivity index (χ0n) is 8.38. The van der Waals surface area contributed by atoms with Crippen molar-refractivity contribution in [2.75, 3.05) is 5.75 Å². The summed E-state index contributed by atoms with van der Waals surface area (Å²) in [6.45, 7) is 0. The van der Waals surface area contributed by atoms with Gasteiger partial charge in [0.1, 0.15) is 0 Å². The van der Waals surface area contributed by atoms with E-state index in [1.54, 1.807) is 12.1 Å². The average Bonchev–Trinajstić information content (AvgIpc) is 2.78. The van der Waals surface area contributed by atoms with Crippen LogP contribution in [0, 0.1) is 11.3 Å². The fourth-order valence-corrected chi connectivity index (χ4v) is 2.67. The van der Waals surface area contributed by atoms with Gasteiger partial charge in [0.25, 0.3) is 0 Å². The molecule has 1 aromatic carbocycles. The first-order chi connectivity index (χ1) is 7.70. The van der Waals surface area contributed by atoms with Gasteiger partial charge in [0.05, 0.1) is 11.6 Å². The number of thioether (sulfide) groups is 1. The topological polar surface area (TPSA) is 73.1 Å². The molecule has 0 spiro atoms. The molecule has 2 rings (SSSR count). The monoisotopic (exact) mass is 234 g/mol. The molecule has 0 bridgehead atoms. The number of hydrogen-bond donors (Lipinski definition) is 2. The minimum atomic E-state index is -0.832. The Balaban J connectivity index is 2.09. The molecule has 0 aromatic heterocycles. The van der Waals surface area contributed by atoms with E-state index in [1.165, 1.54) is 11.8 Å². The summed E-state index contributed by atoms with van der Waals surface area (Å²) in [4.78, 5) is 10.8. The van der Waals surface area contributed by atoms with E-state index < -0.39 is 11.3 Å². The Morgan fingerprint density at radius 2 is 2.19 bits per heavy atom. The summed E-state index contributed by atoms with van der Waals surface area (Å²) in [6, 6.07) is 9.32. The van der Waals surface area contributed by atoms with Gasteiger partial charge in [-0.05, 0) is 17.7 Å². The van der Waals surface area contributed by atoms with Crippen LogP contribution in [-0.2, 0) is 4.79 Å². The lowest BCUT2D eigenvalue weighted by molar-refractivity contribution is -0.137. The zero-order valence-corrected chi connectivity index (χ0v) is 9.20. The summed E-state index contributed by atoms with van der Waals surface area (Å²) in [6.07, 6.45) is 0. The highest BCUT2D eigenvalue weighted by Crippen LogP contribution is 2.29. The quantitative estimate of drug-likeness (QED) is 0.808. The van der Waals surface area contributed by atoms with E-state index in [-0.39, 0.29) is 6.04 Å². The first-order valence-corrected chi connectivity index (χ1v) is 5.86. The fourth-order valence-electron chi connectivity index (χ4n) is 1.60. The van der Waals surface area contributed by atoms with Gasteiger partial charge in [-0.25, -0.2) is 4.79 Å². The van der Waals surface area contributed by atoms with E-state index in [0.717, 1.165) is 11.3 Å². The number of benzene rings is 1. The van der Waals surface area contributed by atoms with E-state index in [9.17, 15) is 4.79 Å². The number of hydrogen-bond acceptors (Lipinski definition) is 4. The lowest BCUT2D eigenvalue weighted by atomic mass is 10.1. The average molecular weight is 234 g/mol. The van der Waals surface area contributed by atoms with Crippen molar-refractivity contribution in [2.24, 2.45) is 0 Å². The van der Waals surface area contributed by atoms with E-state index in [4.69, 9.17) is 10.4 Å². The minimum Gasteiger partial charge on any atom is -0.479 e. The zero-order chi connectivity index (χ0) is 11.5. The van der Waals surface area contributed by atoms with Gasteiger partial charge >= 0.3 is 5.97 Å². The summed E-state index contributed by atoms with van der Waals surface area (Å²) < 4.78 is 0. The first-order valence-electron chi connectivity index (χ1n) is 4.81. The molecule has 0 radical (unpaired) electrons. The normalized spacial score (nSPS) is 23.9. The molecule has 16 heavy (non-hydrogen) atoms. The highest BCUT2D eigenvalue weighted by atomic mass is 32.2. The largest absolute Gasteiger partial charge is 0.479 e. The molecule has 0 aliphatic carbocycles. The van der Waals surface area contributed by atoms with Crippen LogP contribution in [0.25, 0.3) is 0 Å². The third-order valence-electron chi connectivity index (χ3n) is 2.45. The second-order valence-electron chi connectivity index (χ2n) is 3.50. The Morgan fingerprint density at radius 1 is 1.50 bits per heavy atom. The molecule has 1 aliphatic heterocycles. The first kappa shape index (κ1) is 11.0. The number of aliphatic carboxylic acids is 1. The standard InChI is InChI=1S/C11H10N2O2S/c12-5-7-1-3-8(4-2-7)9-6-16-10(13-9)11(14)15/h1-4,9-10,13H,6H2,(H,14,15)/t9-,10+/m1/s1. The van der Waals surface area contributed by atoms with E-state index in [2.05, 4.69) is 11.4 Å². The number of carbonyl (C=O) groups is 1. The maximum atomic E-state index is 10.8. The van der Waals surface area contributed by atoms with Gasteiger partial charge in [-0.15, -0.1) is 11.8 Å². The van der Waals surface area contributed by atoms with E-state index in [1.807, 2.05) is 12.1 Å². The van der Waals surface area contributed by atoms with E-state index in [0.29, 0.717) is 5.56 Å². The van der Waals surface area contributed by atoms with Crippen molar-refractivity contribution in [1.29, 1.82) is 5.26 Å². The third kappa shape index (κ3) is 2.18. The van der Waals surface area contributed by atoms with Gasteiger partial charge in [0.15, 0.2) is 5.37 Å². The number of carboxylic acid groups (broad SMARTS) is 1. The van der Waals surface area contributed by atoms with Crippen LogP contribution in [0.1, 0.15) is 17.2 Å². The van der Waals surface area contributed by atoms with Gasteiger partial charge in [0, 0.05) is 11.8 Å². The molecule has 1 aromatic rings. The second kappa shape index (κ2) is 4.56. The van der Waals surface area contributed by atoms with Crippen LogP contribution in [0.5, 0.6) is 0 Å².